The molecule has 6 heteroatoms. The molecule has 144 valence electrons. The zero-order valence-electron chi connectivity index (χ0n) is 15.4. The van der Waals surface area contributed by atoms with Gasteiger partial charge in [0.15, 0.2) is 11.5 Å². The van der Waals surface area contributed by atoms with Crippen LogP contribution in [-0.4, -0.2) is 13.3 Å². The van der Waals surface area contributed by atoms with E-state index >= 15 is 0 Å². The van der Waals surface area contributed by atoms with Gasteiger partial charge in [-0.2, -0.15) is 0 Å². The van der Waals surface area contributed by atoms with Crippen molar-refractivity contribution in [3.05, 3.63) is 87.2 Å². The first-order valence-corrected chi connectivity index (χ1v) is 9.27. The molecule has 3 aromatic carbocycles. The third kappa shape index (κ3) is 5.03. The van der Waals surface area contributed by atoms with Gasteiger partial charge >= 0.3 is 0 Å². The Hall–Kier alpha value is -2.56. The normalized spacial score (nSPS) is 11.0. The minimum atomic E-state index is -0.294. The van der Waals surface area contributed by atoms with Gasteiger partial charge in [-0.3, -0.25) is 4.99 Å². The fourth-order valence-electron chi connectivity index (χ4n) is 2.50. The molecular formula is C22H18Cl2FNO2. The maximum Gasteiger partial charge on any atom is 0.180 e. The van der Waals surface area contributed by atoms with Crippen LogP contribution >= 0.6 is 23.2 Å². The molecule has 3 aromatic rings. The van der Waals surface area contributed by atoms with Gasteiger partial charge in [0.1, 0.15) is 12.4 Å². The van der Waals surface area contributed by atoms with Crippen molar-refractivity contribution in [3.8, 4) is 11.5 Å². The molecule has 28 heavy (non-hydrogen) atoms. The predicted octanol–water partition coefficient (Wildman–Crippen LogP) is 6.78. The Morgan fingerprint density at radius 3 is 2.43 bits per heavy atom. The van der Waals surface area contributed by atoms with Crippen LogP contribution in [0.2, 0.25) is 10.0 Å². The molecular weight excluding hydrogens is 400 g/mol. The zero-order valence-corrected chi connectivity index (χ0v) is 16.9. The smallest absolute Gasteiger partial charge is 0.180 e. The summed E-state index contributed by atoms with van der Waals surface area (Å²) in [6, 6.07) is 15.2. The fourth-order valence-corrected chi connectivity index (χ4v) is 2.95. The van der Waals surface area contributed by atoms with Crippen LogP contribution in [-0.2, 0) is 6.61 Å². The first kappa shape index (κ1) is 20.2. The lowest BCUT2D eigenvalue weighted by molar-refractivity contribution is 0.284. The topological polar surface area (TPSA) is 30.8 Å². The highest BCUT2D eigenvalue weighted by molar-refractivity contribution is 6.32. The molecule has 0 aromatic heterocycles. The van der Waals surface area contributed by atoms with E-state index in [1.165, 1.54) is 19.2 Å². The number of rotatable bonds is 6. The minimum Gasteiger partial charge on any atom is -0.493 e. The molecule has 0 saturated heterocycles. The summed E-state index contributed by atoms with van der Waals surface area (Å²) in [6.45, 7) is 2.18. The maximum absolute atomic E-state index is 13.0. The second kappa shape index (κ2) is 9.09. The average Bonchev–Trinajstić information content (AvgIpc) is 2.69. The van der Waals surface area contributed by atoms with Crippen LogP contribution in [0.1, 0.15) is 16.7 Å². The summed E-state index contributed by atoms with van der Waals surface area (Å²) < 4.78 is 24.2. The molecule has 0 aliphatic heterocycles. The number of methoxy groups -OCH3 is 1. The standard InChI is InChI=1S/C22H18Cl2FNO2/c1-14-3-8-18(11-19(14)23)26-12-16-9-20(24)22(21(10-16)27-2)28-13-15-4-6-17(25)7-5-15/h3-12H,13H2,1-2H3. The molecule has 0 fully saturated rings. The molecule has 0 saturated carbocycles. The molecule has 0 amide bonds. The summed E-state index contributed by atoms with van der Waals surface area (Å²) >= 11 is 12.5. The maximum atomic E-state index is 13.0. The summed E-state index contributed by atoms with van der Waals surface area (Å²) in [6.07, 6.45) is 1.68. The van der Waals surface area contributed by atoms with Crippen molar-refractivity contribution in [1.82, 2.24) is 0 Å². The minimum absolute atomic E-state index is 0.242. The Morgan fingerprint density at radius 2 is 1.75 bits per heavy atom. The second-order valence-electron chi connectivity index (χ2n) is 6.14. The highest BCUT2D eigenvalue weighted by atomic mass is 35.5. The first-order valence-electron chi connectivity index (χ1n) is 8.51. The first-order chi connectivity index (χ1) is 13.5. The molecule has 0 spiro atoms. The van der Waals surface area contributed by atoms with Crippen LogP contribution in [0.15, 0.2) is 59.6 Å². The van der Waals surface area contributed by atoms with Crippen LogP contribution in [0, 0.1) is 12.7 Å². The van der Waals surface area contributed by atoms with E-state index < -0.39 is 0 Å². The molecule has 0 aliphatic carbocycles. The largest absolute Gasteiger partial charge is 0.493 e. The Labute approximate surface area is 173 Å². The van der Waals surface area contributed by atoms with Gasteiger partial charge in [0, 0.05) is 11.2 Å². The predicted molar refractivity (Wildman–Crippen MR) is 112 cm³/mol. The van der Waals surface area contributed by atoms with Gasteiger partial charge in [-0.05, 0) is 60.0 Å². The lowest BCUT2D eigenvalue weighted by Crippen LogP contribution is -1.99. The highest BCUT2D eigenvalue weighted by Crippen LogP contribution is 2.36. The molecule has 3 nitrogen and oxygen atoms in total. The quantitative estimate of drug-likeness (QED) is 0.413. The Morgan fingerprint density at radius 1 is 1.00 bits per heavy atom. The Kier molecular flexibility index (Phi) is 6.55. The van der Waals surface area contributed by atoms with Gasteiger partial charge in [-0.1, -0.05) is 41.4 Å². The van der Waals surface area contributed by atoms with E-state index in [-0.39, 0.29) is 12.4 Å². The molecule has 0 heterocycles. The van der Waals surface area contributed by atoms with Crippen LogP contribution in [0.3, 0.4) is 0 Å². The van der Waals surface area contributed by atoms with E-state index in [0.717, 1.165) is 22.4 Å². The fraction of sp³-hybridized carbons (Fsp3) is 0.136. The zero-order chi connectivity index (χ0) is 20.1. The molecule has 0 unspecified atom stereocenters. The van der Waals surface area contributed by atoms with Gasteiger partial charge in [-0.25, -0.2) is 4.39 Å². The van der Waals surface area contributed by atoms with Crippen molar-refractivity contribution in [2.45, 2.75) is 13.5 Å². The number of benzene rings is 3. The van der Waals surface area contributed by atoms with Gasteiger partial charge in [0.25, 0.3) is 0 Å². The highest BCUT2D eigenvalue weighted by Gasteiger charge is 2.12. The number of aryl methyl sites for hydroxylation is 1. The average molecular weight is 418 g/mol. The van der Waals surface area contributed by atoms with Gasteiger partial charge in [0.2, 0.25) is 0 Å². The number of ether oxygens (including phenoxy) is 2. The summed E-state index contributed by atoms with van der Waals surface area (Å²) in [5, 5.41) is 1.06. The van der Waals surface area contributed by atoms with E-state index in [2.05, 4.69) is 4.99 Å². The monoisotopic (exact) mass is 417 g/mol. The van der Waals surface area contributed by atoms with Crippen molar-refractivity contribution >= 4 is 35.1 Å². The third-order valence-corrected chi connectivity index (χ3v) is 4.75. The number of nitrogens with zero attached hydrogens (tertiary/aromatic N) is 1. The SMILES string of the molecule is COc1cc(C=Nc2ccc(C)c(Cl)c2)cc(Cl)c1OCc1ccc(F)cc1. The van der Waals surface area contributed by atoms with Crippen molar-refractivity contribution in [1.29, 1.82) is 0 Å². The van der Waals surface area contributed by atoms with Crippen LogP contribution in [0.4, 0.5) is 10.1 Å². The molecule has 0 atom stereocenters. The van der Waals surface area contributed by atoms with E-state index in [0.29, 0.717) is 21.5 Å². The molecule has 0 aliphatic rings. The second-order valence-corrected chi connectivity index (χ2v) is 6.96. The van der Waals surface area contributed by atoms with Crippen molar-refractivity contribution in [2.24, 2.45) is 4.99 Å². The number of halogens is 3. The number of hydrogen-bond donors (Lipinski definition) is 0. The molecule has 3 rings (SSSR count). The van der Waals surface area contributed by atoms with E-state index in [4.69, 9.17) is 32.7 Å². The Bertz CT molecular complexity index is 1000. The third-order valence-electron chi connectivity index (χ3n) is 4.07. The van der Waals surface area contributed by atoms with E-state index in [1.807, 2.05) is 19.1 Å². The lowest BCUT2D eigenvalue weighted by atomic mass is 10.2. The van der Waals surface area contributed by atoms with Crippen molar-refractivity contribution in [2.75, 3.05) is 7.11 Å². The number of aliphatic imine (C=N–C) groups is 1. The summed E-state index contributed by atoms with van der Waals surface area (Å²) in [7, 11) is 1.54. The van der Waals surface area contributed by atoms with Crippen LogP contribution < -0.4 is 9.47 Å². The Balaban J connectivity index is 1.79. The van der Waals surface area contributed by atoms with Crippen LogP contribution in [0.25, 0.3) is 0 Å². The lowest BCUT2D eigenvalue weighted by Gasteiger charge is -2.13. The molecule has 0 N–H and O–H groups in total. The number of hydrogen-bond acceptors (Lipinski definition) is 3. The summed E-state index contributed by atoms with van der Waals surface area (Å²) in [5.74, 6) is 0.611. The summed E-state index contributed by atoms with van der Waals surface area (Å²) in [5.41, 5.74) is 3.31. The van der Waals surface area contributed by atoms with Crippen LogP contribution in [0.5, 0.6) is 11.5 Å². The van der Waals surface area contributed by atoms with Gasteiger partial charge in [0.05, 0.1) is 17.8 Å². The van der Waals surface area contributed by atoms with Crippen molar-refractivity contribution in [3.63, 3.8) is 0 Å². The molecule has 0 bridgehead atoms. The van der Waals surface area contributed by atoms with Gasteiger partial charge < -0.3 is 9.47 Å². The summed E-state index contributed by atoms with van der Waals surface area (Å²) in [4.78, 5) is 4.43. The van der Waals surface area contributed by atoms with E-state index in [9.17, 15) is 4.39 Å². The van der Waals surface area contributed by atoms with E-state index in [1.54, 1.807) is 36.5 Å². The van der Waals surface area contributed by atoms with Gasteiger partial charge in [-0.15, -0.1) is 0 Å². The molecule has 0 radical (unpaired) electrons. The van der Waals surface area contributed by atoms with Crippen molar-refractivity contribution < 1.29 is 13.9 Å².